The van der Waals surface area contributed by atoms with E-state index < -0.39 is 0 Å². The molecule has 0 saturated heterocycles. The van der Waals surface area contributed by atoms with Crippen LogP contribution < -0.4 is 5.32 Å². The second-order valence-corrected chi connectivity index (χ2v) is 4.49. The summed E-state index contributed by atoms with van der Waals surface area (Å²) in [5.74, 6) is -0.362. The van der Waals surface area contributed by atoms with Crippen molar-refractivity contribution < 1.29 is 4.39 Å². The lowest BCUT2D eigenvalue weighted by Gasteiger charge is -2.03. The van der Waals surface area contributed by atoms with Crippen molar-refractivity contribution in [2.75, 3.05) is 6.54 Å². The van der Waals surface area contributed by atoms with Gasteiger partial charge in [-0.25, -0.2) is 9.07 Å². The molecule has 1 aromatic heterocycles. The standard InChI is InChI=1S/C13H15ClFN3/c1-2-4-16-9-12-3-5-18(17-12)13-7-10(14)6-11(15)8-13/h3,5-8,16H,2,4,9H2,1H3. The molecule has 1 aromatic carbocycles. The first-order valence-electron chi connectivity index (χ1n) is 5.91. The summed E-state index contributed by atoms with van der Waals surface area (Å²) < 4.78 is 14.9. The second-order valence-electron chi connectivity index (χ2n) is 4.06. The molecule has 0 saturated carbocycles. The maximum atomic E-state index is 13.2. The van der Waals surface area contributed by atoms with Crippen molar-refractivity contribution in [3.8, 4) is 5.69 Å². The van der Waals surface area contributed by atoms with Gasteiger partial charge in [0.05, 0.1) is 11.4 Å². The SMILES string of the molecule is CCCNCc1ccn(-c2cc(F)cc(Cl)c2)n1. The topological polar surface area (TPSA) is 29.9 Å². The van der Waals surface area contributed by atoms with Crippen molar-refractivity contribution in [1.29, 1.82) is 0 Å². The molecule has 18 heavy (non-hydrogen) atoms. The van der Waals surface area contributed by atoms with Gasteiger partial charge in [0.1, 0.15) is 5.82 Å². The van der Waals surface area contributed by atoms with Crippen LogP contribution in [0.3, 0.4) is 0 Å². The van der Waals surface area contributed by atoms with E-state index in [9.17, 15) is 4.39 Å². The fourth-order valence-corrected chi connectivity index (χ4v) is 1.88. The van der Waals surface area contributed by atoms with Gasteiger partial charge in [0.25, 0.3) is 0 Å². The molecule has 0 spiro atoms. The molecule has 0 aliphatic carbocycles. The highest BCUT2D eigenvalue weighted by molar-refractivity contribution is 6.30. The van der Waals surface area contributed by atoms with Crippen LogP contribution in [0.4, 0.5) is 4.39 Å². The molecule has 2 rings (SSSR count). The summed E-state index contributed by atoms with van der Waals surface area (Å²) in [6, 6.07) is 6.27. The minimum atomic E-state index is -0.362. The molecule has 1 N–H and O–H groups in total. The van der Waals surface area contributed by atoms with E-state index in [2.05, 4.69) is 17.3 Å². The largest absolute Gasteiger partial charge is 0.311 e. The van der Waals surface area contributed by atoms with Gasteiger partial charge in [-0.3, -0.25) is 0 Å². The monoisotopic (exact) mass is 267 g/mol. The Balaban J connectivity index is 2.13. The van der Waals surface area contributed by atoms with Crippen LogP contribution >= 0.6 is 11.6 Å². The second kappa shape index (κ2) is 5.98. The van der Waals surface area contributed by atoms with Gasteiger partial charge in [0.15, 0.2) is 0 Å². The minimum Gasteiger partial charge on any atom is -0.311 e. The van der Waals surface area contributed by atoms with Crippen molar-refractivity contribution in [3.05, 3.63) is 47.0 Å². The third kappa shape index (κ3) is 3.31. The van der Waals surface area contributed by atoms with E-state index in [0.717, 1.165) is 18.7 Å². The third-order valence-electron chi connectivity index (χ3n) is 2.49. The Kier molecular flexibility index (Phi) is 4.33. The van der Waals surface area contributed by atoms with Crippen LogP contribution in [0.2, 0.25) is 5.02 Å². The van der Waals surface area contributed by atoms with Crippen molar-refractivity contribution in [2.45, 2.75) is 19.9 Å². The number of aromatic nitrogens is 2. The first-order chi connectivity index (χ1) is 8.69. The van der Waals surface area contributed by atoms with Crippen LogP contribution in [0.25, 0.3) is 5.69 Å². The zero-order valence-corrected chi connectivity index (χ0v) is 10.9. The molecule has 3 nitrogen and oxygen atoms in total. The highest BCUT2D eigenvalue weighted by Gasteiger charge is 2.04. The molecule has 0 unspecified atom stereocenters. The number of halogens is 2. The molecule has 0 fully saturated rings. The molecule has 0 bridgehead atoms. The van der Waals surface area contributed by atoms with E-state index in [1.807, 2.05) is 6.07 Å². The molecular weight excluding hydrogens is 253 g/mol. The van der Waals surface area contributed by atoms with Crippen molar-refractivity contribution >= 4 is 11.6 Å². The molecule has 0 amide bonds. The summed E-state index contributed by atoms with van der Waals surface area (Å²) in [7, 11) is 0. The maximum Gasteiger partial charge on any atom is 0.126 e. The van der Waals surface area contributed by atoms with Gasteiger partial charge in [-0.2, -0.15) is 5.10 Å². The van der Waals surface area contributed by atoms with Crippen molar-refractivity contribution in [3.63, 3.8) is 0 Å². The zero-order chi connectivity index (χ0) is 13.0. The van der Waals surface area contributed by atoms with Gasteiger partial charge in [0, 0.05) is 17.8 Å². The highest BCUT2D eigenvalue weighted by atomic mass is 35.5. The van der Waals surface area contributed by atoms with E-state index in [1.165, 1.54) is 12.1 Å². The molecule has 0 atom stereocenters. The smallest absolute Gasteiger partial charge is 0.126 e. The molecule has 5 heteroatoms. The summed E-state index contributed by atoms with van der Waals surface area (Å²) in [6.07, 6.45) is 2.88. The summed E-state index contributed by atoms with van der Waals surface area (Å²) in [6.45, 7) is 3.78. The Morgan fingerprint density at radius 2 is 2.22 bits per heavy atom. The minimum absolute atomic E-state index is 0.362. The summed E-state index contributed by atoms with van der Waals surface area (Å²) >= 11 is 5.82. The van der Waals surface area contributed by atoms with E-state index in [-0.39, 0.29) is 5.82 Å². The summed E-state index contributed by atoms with van der Waals surface area (Å²) in [5.41, 5.74) is 1.55. The van der Waals surface area contributed by atoms with Gasteiger partial charge in [-0.1, -0.05) is 18.5 Å². The van der Waals surface area contributed by atoms with Gasteiger partial charge < -0.3 is 5.32 Å². The number of hydrogen-bond acceptors (Lipinski definition) is 2. The van der Waals surface area contributed by atoms with Crippen LogP contribution in [0.5, 0.6) is 0 Å². The van der Waals surface area contributed by atoms with Gasteiger partial charge >= 0.3 is 0 Å². The van der Waals surface area contributed by atoms with Crippen LogP contribution in [0.1, 0.15) is 19.0 Å². The van der Waals surface area contributed by atoms with E-state index in [1.54, 1.807) is 16.9 Å². The Bertz CT molecular complexity index is 504. The van der Waals surface area contributed by atoms with E-state index in [0.29, 0.717) is 17.3 Å². The van der Waals surface area contributed by atoms with E-state index >= 15 is 0 Å². The Morgan fingerprint density at radius 3 is 2.94 bits per heavy atom. The van der Waals surface area contributed by atoms with Crippen LogP contribution in [0, 0.1) is 5.82 Å². The predicted molar refractivity (Wildman–Crippen MR) is 70.5 cm³/mol. The van der Waals surface area contributed by atoms with Crippen LogP contribution in [-0.4, -0.2) is 16.3 Å². The van der Waals surface area contributed by atoms with Gasteiger partial charge in [-0.15, -0.1) is 0 Å². The maximum absolute atomic E-state index is 13.2. The molecule has 1 heterocycles. The van der Waals surface area contributed by atoms with Crippen molar-refractivity contribution in [1.82, 2.24) is 15.1 Å². The summed E-state index contributed by atoms with van der Waals surface area (Å²) in [5, 5.41) is 7.99. The molecule has 0 aliphatic rings. The predicted octanol–water partition coefficient (Wildman–Crippen LogP) is 3.16. The Labute approximate surface area is 111 Å². The number of benzene rings is 1. The normalized spacial score (nSPS) is 10.8. The number of nitrogens with zero attached hydrogens (tertiary/aromatic N) is 2. The average Bonchev–Trinajstić information content (AvgIpc) is 2.77. The molecule has 0 aliphatic heterocycles. The third-order valence-corrected chi connectivity index (χ3v) is 2.71. The fourth-order valence-electron chi connectivity index (χ4n) is 1.66. The van der Waals surface area contributed by atoms with E-state index in [4.69, 9.17) is 11.6 Å². The number of nitrogens with one attached hydrogen (secondary N) is 1. The Morgan fingerprint density at radius 1 is 1.39 bits per heavy atom. The van der Waals surface area contributed by atoms with Crippen molar-refractivity contribution in [2.24, 2.45) is 0 Å². The number of hydrogen-bond donors (Lipinski definition) is 1. The molecular formula is C13H15ClFN3. The zero-order valence-electron chi connectivity index (χ0n) is 10.2. The van der Waals surface area contributed by atoms with Crippen LogP contribution in [0.15, 0.2) is 30.5 Å². The molecule has 2 aromatic rings. The lowest BCUT2D eigenvalue weighted by molar-refractivity contribution is 0.624. The lowest BCUT2D eigenvalue weighted by Crippen LogP contribution is -2.14. The fraction of sp³-hybridized carbons (Fsp3) is 0.308. The first kappa shape index (κ1) is 13.1. The molecule has 0 radical (unpaired) electrons. The van der Waals surface area contributed by atoms with Gasteiger partial charge in [0.2, 0.25) is 0 Å². The highest BCUT2D eigenvalue weighted by Crippen LogP contribution is 2.17. The Hall–Kier alpha value is -1.39. The number of rotatable bonds is 5. The first-order valence-corrected chi connectivity index (χ1v) is 6.28. The summed E-state index contributed by atoms with van der Waals surface area (Å²) in [4.78, 5) is 0. The lowest BCUT2D eigenvalue weighted by atomic mass is 10.3. The molecule has 96 valence electrons. The van der Waals surface area contributed by atoms with Gasteiger partial charge in [-0.05, 0) is 37.2 Å². The quantitative estimate of drug-likeness (QED) is 0.844. The van der Waals surface area contributed by atoms with Crippen LogP contribution in [-0.2, 0) is 6.54 Å². The average molecular weight is 268 g/mol.